The number of ether oxygens (including phenoxy) is 2. The van der Waals surface area contributed by atoms with Crippen LogP contribution in [0.3, 0.4) is 0 Å². The SMILES string of the molecule is CCC#CCCOC1=C(OC)CC(C)(/C=C/C(=O)Nc2ccccc2C(=O)O)C=C1. The number of anilines is 1. The number of carboxylic acid groups (broad SMARTS) is 1. The first-order valence-electron chi connectivity index (χ1n) is 9.76. The van der Waals surface area contributed by atoms with Gasteiger partial charge in [-0.2, -0.15) is 0 Å². The van der Waals surface area contributed by atoms with E-state index in [4.69, 9.17) is 9.47 Å². The quantitative estimate of drug-likeness (QED) is 0.374. The van der Waals surface area contributed by atoms with Gasteiger partial charge in [-0.25, -0.2) is 4.79 Å². The van der Waals surface area contributed by atoms with Crippen molar-refractivity contribution in [2.75, 3.05) is 19.0 Å². The summed E-state index contributed by atoms with van der Waals surface area (Å²) in [6.45, 7) is 4.46. The van der Waals surface area contributed by atoms with E-state index in [1.165, 1.54) is 12.1 Å². The van der Waals surface area contributed by atoms with Gasteiger partial charge in [-0.3, -0.25) is 4.79 Å². The highest BCUT2D eigenvalue weighted by Crippen LogP contribution is 2.36. The Balaban J connectivity index is 2.01. The van der Waals surface area contributed by atoms with Crippen LogP contribution in [0, 0.1) is 17.3 Å². The highest BCUT2D eigenvalue weighted by atomic mass is 16.5. The molecule has 0 fully saturated rings. The number of hydrogen-bond donors (Lipinski definition) is 2. The first-order valence-corrected chi connectivity index (χ1v) is 9.76. The lowest BCUT2D eigenvalue weighted by Crippen LogP contribution is -2.19. The van der Waals surface area contributed by atoms with Gasteiger partial charge in [0.25, 0.3) is 0 Å². The number of carboxylic acids is 1. The van der Waals surface area contributed by atoms with E-state index in [1.54, 1.807) is 31.4 Å². The van der Waals surface area contributed by atoms with Crippen molar-refractivity contribution in [3.05, 3.63) is 65.7 Å². The highest BCUT2D eigenvalue weighted by Gasteiger charge is 2.27. The third kappa shape index (κ3) is 6.56. The maximum atomic E-state index is 12.3. The Kier molecular flexibility index (Phi) is 8.30. The van der Waals surface area contributed by atoms with Gasteiger partial charge in [0.15, 0.2) is 5.76 Å². The Morgan fingerprint density at radius 3 is 2.77 bits per heavy atom. The second-order valence-electron chi connectivity index (χ2n) is 6.99. The van der Waals surface area contributed by atoms with Gasteiger partial charge in [-0.05, 0) is 18.2 Å². The van der Waals surface area contributed by atoms with Gasteiger partial charge < -0.3 is 19.9 Å². The normalized spacial score (nSPS) is 18.0. The molecule has 1 aromatic carbocycles. The minimum Gasteiger partial charge on any atom is -0.497 e. The third-order valence-electron chi connectivity index (χ3n) is 4.50. The lowest BCUT2D eigenvalue weighted by atomic mass is 9.82. The molecule has 6 nitrogen and oxygen atoms in total. The minimum atomic E-state index is -1.10. The summed E-state index contributed by atoms with van der Waals surface area (Å²) in [4.78, 5) is 23.6. The predicted octanol–water partition coefficient (Wildman–Crippen LogP) is 4.52. The van der Waals surface area contributed by atoms with Crippen molar-refractivity contribution in [2.45, 2.75) is 33.1 Å². The number of amides is 1. The van der Waals surface area contributed by atoms with Gasteiger partial charge in [0.1, 0.15) is 5.76 Å². The van der Waals surface area contributed by atoms with Crippen LogP contribution in [0.25, 0.3) is 0 Å². The standard InChI is InChI=1S/C24H27NO5/c1-4-5-6-9-16-30-20-12-14-24(2,17-21(20)29-3)15-13-22(26)25-19-11-8-7-10-18(19)23(27)28/h7-8,10-15H,4,9,16-17H2,1-3H3,(H,25,26)(H,27,28)/b15-13+. The van der Waals surface area contributed by atoms with Crippen LogP contribution >= 0.6 is 0 Å². The topological polar surface area (TPSA) is 84.9 Å². The Morgan fingerprint density at radius 2 is 2.07 bits per heavy atom. The number of para-hydroxylation sites is 1. The average Bonchev–Trinajstić information content (AvgIpc) is 2.73. The second-order valence-corrected chi connectivity index (χ2v) is 6.99. The van der Waals surface area contributed by atoms with E-state index >= 15 is 0 Å². The Bertz CT molecular complexity index is 932. The molecule has 1 unspecified atom stereocenters. The van der Waals surface area contributed by atoms with E-state index in [1.807, 2.05) is 26.0 Å². The second kappa shape index (κ2) is 10.9. The van der Waals surface area contributed by atoms with Gasteiger partial charge in [0, 0.05) is 30.8 Å². The van der Waals surface area contributed by atoms with Crippen LogP contribution in [0.5, 0.6) is 0 Å². The van der Waals surface area contributed by atoms with Gasteiger partial charge >= 0.3 is 5.97 Å². The fourth-order valence-corrected chi connectivity index (χ4v) is 2.91. The van der Waals surface area contributed by atoms with Crippen LogP contribution in [0.15, 0.2) is 60.1 Å². The largest absolute Gasteiger partial charge is 0.497 e. The van der Waals surface area contributed by atoms with Crippen molar-refractivity contribution < 1.29 is 24.2 Å². The summed E-state index contributed by atoms with van der Waals surface area (Å²) in [7, 11) is 1.59. The molecule has 1 amide bonds. The molecule has 2 rings (SSSR count). The molecule has 0 heterocycles. The molecule has 0 saturated heterocycles. The number of aromatic carboxylic acids is 1. The van der Waals surface area contributed by atoms with E-state index in [-0.39, 0.29) is 11.3 Å². The minimum absolute atomic E-state index is 0.0399. The molecule has 0 spiro atoms. The number of nitrogens with one attached hydrogen (secondary N) is 1. The molecule has 0 radical (unpaired) electrons. The molecule has 158 valence electrons. The molecule has 0 saturated carbocycles. The molecule has 1 aliphatic carbocycles. The summed E-state index contributed by atoms with van der Waals surface area (Å²) >= 11 is 0. The van der Waals surface area contributed by atoms with Crippen LogP contribution < -0.4 is 5.32 Å². The van der Waals surface area contributed by atoms with E-state index in [0.717, 1.165) is 6.42 Å². The Morgan fingerprint density at radius 1 is 1.30 bits per heavy atom. The monoisotopic (exact) mass is 409 g/mol. The zero-order valence-corrected chi connectivity index (χ0v) is 17.5. The van der Waals surface area contributed by atoms with Crippen LogP contribution in [-0.4, -0.2) is 30.7 Å². The van der Waals surface area contributed by atoms with Crippen molar-refractivity contribution in [3.63, 3.8) is 0 Å². The first-order chi connectivity index (χ1) is 14.4. The maximum Gasteiger partial charge on any atom is 0.337 e. The van der Waals surface area contributed by atoms with Gasteiger partial charge in [-0.15, -0.1) is 5.92 Å². The zero-order valence-electron chi connectivity index (χ0n) is 17.5. The lowest BCUT2D eigenvalue weighted by Gasteiger charge is -2.28. The molecular weight excluding hydrogens is 382 g/mol. The molecule has 30 heavy (non-hydrogen) atoms. The Labute approximate surface area is 177 Å². The summed E-state index contributed by atoms with van der Waals surface area (Å²) in [5, 5.41) is 11.8. The predicted molar refractivity (Wildman–Crippen MR) is 116 cm³/mol. The van der Waals surface area contributed by atoms with Crippen LogP contribution in [-0.2, 0) is 14.3 Å². The molecule has 1 aliphatic rings. The maximum absolute atomic E-state index is 12.3. The van der Waals surface area contributed by atoms with Crippen molar-refractivity contribution >= 4 is 17.6 Å². The number of rotatable bonds is 8. The molecular formula is C24H27NO5. The van der Waals surface area contributed by atoms with Crippen molar-refractivity contribution in [1.29, 1.82) is 0 Å². The fraction of sp³-hybridized carbons (Fsp3) is 0.333. The zero-order chi connectivity index (χ0) is 22.0. The third-order valence-corrected chi connectivity index (χ3v) is 4.50. The molecule has 1 aromatic rings. The first kappa shape index (κ1) is 22.8. The Hall–Kier alpha value is -3.46. The number of hydrogen-bond acceptors (Lipinski definition) is 4. The number of benzene rings is 1. The van der Waals surface area contributed by atoms with E-state index in [2.05, 4.69) is 17.2 Å². The van der Waals surface area contributed by atoms with Gasteiger partial charge in [-0.1, -0.05) is 44.1 Å². The van der Waals surface area contributed by atoms with E-state index in [0.29, 0.717) is 31.0 Å². The molecule has 0 aliphatic heterocycles. The lowest BCUT2D eigenvalue weighted by molar-refractivity contribution is -0.112. The fourth-order valence-electron chi connectivity index (χ4n) is 2.91. The molecule has 2 N–H and O–H groups in total. The van der Waals surface area contributed by atoms with Crippen LogP contribution in [0.1, 0.15) is 43.5 Å². The number of carbonyl (C=O) groups is 2. The van der Waals surface area contributed by atoms with Crippen molar-refractivity contribution in [2.24, 2.45) is 5.41 Å². The van der Waals surface area contributed by atoms with Gasteiger partial charge in [0.2, 0.25) is 5.91 Å². The summed E-state index contributed by atoms with van der Waals surface area (Å²) in [5.41, 5.74) is -0.148. The number of methoxy groups -OCH3 is 1. The molecule has 0 aromatic heterocycles. The summed E-state index contributed by atoms with van der Waals surface area (Å²) in [6.07, 6.45) is 8.98. The van der Waals surface area contributed by atoms with Crippen LogP contribution in [0.4, 0.5) is 5.69 Å². The summed E-state index contributed by atoms with van der Waals surface area (Å²) in [5.74, 6) is 5.90. The molecule has 1 atom stereocenters. The smallest absolute Gasteiger partial charge is 0.337 e. The van der Waals surface area contributed by atoms with Gasteiger partial charge in [0.05, 0.1) is 25.0 Å². The average molecular weight is 409 g/mol. The number of carbonyl (C=O) groups excluding carboxylic acids is 1. The molecule has 0 bridgehead atoms. The summed E-state index contributed by atoms with van der Waals surface area (Å²) < 4.78 is 11.3. The summed E-state index contributed by atoms with van der Waals surface area (Å²) in [6, 6.07) is 6.27. The number of allylic oxidation sites excluding steroid dienone is 4. The highest BCUT2D eigenvalue weighted by molar-refractivity contribution is 6.04. The van der Waals surface area contributed by atoms with E-state index < -0.39 is 17.3 Å². The molecule has 6 heteroatoms. The van der Waals surface area contributed by atoms with Crippen molar-refractivity contribution in [3.8, 4) is 11.8 Å². The van der Waals surface area contributed by atoms with Crippen LogP contribution in [0.2, 0.25) is 0 Å². The van der Waals surface area contributed by atoms with Crippen molar-refractivity contribution in [1.82, 2.24) is 0 Å². The van der Waals surface area contributed by atoms with E-state index in [9.17, 15) is 14.7 Å².